The van der Waals surface area contributed by atoms with E-state index in [4.69, 9.17) is 4.74 Å². The Labute approximate surface area is 93.2 Å². The molecule has 3 rings (SSSR count). The third kappa shape index (κ3) is 1.36. The summed E-state index contributed by atoms with van der Waals surface area (Å²) in [6.45, 7) is 1.26. The van der Waals surface area contributed by atoms with Crippen molar-refractivity contribution < 1.29 is 13.2 Å². The number of hydrogen-bond acceptors (Lipinski definition) is 4. The molecule has 0 saturated heterocycles. The van der Waals surface area contributed by atoms with Gasteiger partial charge in [0.15, 0.2) is 9.84 Å². The molecule has 2 heterocycles. The summed E-state index contributed by atoms with van der Waals surface area (Å²) in [7, 11) is -3.21. The second-order valence-electron chi connectivity index (χ2n) is 3.64. The quantitative estimate of drug-likeness (QED) is 0.735. The van der Waals surface area contributed by atoms with Crippen LogP contribution in [0, 0.1) is 0 Å². The predicted octanol–water partition coefficient (Wildman–Crippen LogP) is 1.22. The molecule has 0 fully saturated rings. The minimum atomic E-state index is -3.21. The minimum absolute atomic E-state index is 0.356. The number of benzene rings is 1. The average molecular weight is 235 g/mol. The van der Waals surface area contributed by atoms with E-state index >= 15 is 0 Å². The lowest BCUT2D eigenvalue weighted by molar-refractivity contribution is 0.348. The van der Waals surface area contributed by atoms with Crippen molar-refractivity contribution in [3.05, 3.63) is 34.7 Å². The van der Waals surface area contributed by atoms with Gasteiger partial charge in [-0.15, -0.1) is 0 Å². The highest BCUT2D eigenvalue weighted by Crippen LogP contribution is 2.27. The molecule has 0 saturated carbocycles. The van der Waals surface area contributed by atoms with Gasteiger partial charge in [-0.25, -0.2) is 13.4 Å². The molecule has 4 nitrogen and oxygen atoms in total. The Hall–Kier alpha value is -1.62. The van der Waals surface area contributed by atoms with E-state index < -0.39 is 9.84 Å². The summed E-state index contributed by atoms with van der Waals surface area (Å²) < 4.78 is 28.4. The van der Waals surface area contributed by atoms with Crippen LogP contribution in [0.3, 0.4) is 0 Å². The van der Waals surface area contributed by atoms with Crippen LogP contribution in [0.1, 0.15) is 11.1 Å². The summed E-state index contributed by atoms with van der Waals surface area (Å²) in [6, 6.07) is 5.12. The first-order valence-electron chi connectivity index (χ1n) is 4.92. The summed E-state index contributed by atoms with van der Waals surface area (Å²) >= 11 is 0. The molecule has 0 spiro atoms. The first-order valence-corrected chi connectivity index (χ1v) is 6.46. The molecule has 1 aromatic rings. The molecule has 0 bridgehead atoms. The van der Waals surface area contributed by atoms with Crippen LogP contribution in [-0.4, -0.2) is 27.5 Å². The lowest BCUT2D eigenvalue weighted by Crippen LogP contribution is -2.02. The maximum absolute atomic E-state index is 11.5. The van der Waals surface area contributed by atoms with Crippen molar-refractivity contribution in [2.24, 2.45) is 4.99 Å². The number of aliphatic imine (C=N–C) groups is 1. The predicted molar refractivity (Wildman–Crippen MR) is 60.0 cm³/mol. The molecule has 0 unspecified atom stereocenters. The fraction of sp³-hybridized carbons (Fsp3) is 0.182. The molecule has 0 atom stereocenters. The minimum Gasteiger partial charge on any atom is -0.476 e. The van der Waals surface area contributed by atoms with E-state index in [2.05, 4.69) is 4.99 Å². The Balaban J connectivity index is 2.11. The van der Waals surface area contributed by atoms with Crippen molar-refractivity contribution in [1.82, 2.24) is 0 Å². The molecule has 0 N–H and O–H groups in total. The van der Waals surface area contributed by atoms with Gasteiger partial charge < -0.3 is 4.74 Å². The van der Waals surface area contributed by atoms with E-state index in [-0.39, 0.29) is 0 Å². The molecule has 0 amide bonds. The molecule has 0 radical (unpaired) electrons. The van der Waals surface area contributed by atoms with Crippen molar-refractivity contribution in [2.45, 2.75) is 4.90 Å². The Morgan fingerprint density at radius 3 is 2.94 bits per heavy atom. The lowest BCUT2D eigenvalue weighted by atomic mass is 10.1. The van der Waals surface area contributed by atoms with Crippen molar-refractivity contribution in [1.29, 1.82) is 0 Å². The summed E-state index contributed by atoms with van der Waals surface area (Å²) in [6.07, 6.45) is 1.60. The molecule has 2 aliphatic heterocycles. The van der Waals surface area contributed by atoms with E-state index in [0.29, 0.717) is 29.5 Å². The van der Waals surface area contributed by atoms with Crippen LogP contribution >= 0.6 is 0 Å². The Morgan fingerprint density at radius 1 is 1.31 bits per heavy atom. The first kappa shape index (κ1) is 9.59. The second kappa shape index (κ2) is 3.18. The lowest BCUT2D eigenvalue weighted by Gasteiger charge is -2.04. The van der Waals surface area contributed by atoms with E-state index in [1.54, 1.807) is 24.3 Å². The van der Waals surface area contributed by atoms with Gasteiger partial charge >= 0.3 is 0 Å². The maximum atomic E-state index is 11.5. The highest BCUT2D eigenvalue weighted by atomic mass is 32.2. The van der Waals surface area contributed by atoms with Gasteiger partial charge in [0.2, 0.25) is 5.90 Å². The number of nitrogens with zero attached hydrogens (tertiary/aromatic N) is 1. The molecular weight excluding hydrogens is 226 g/mol. The summed E-state index contributed by atoms with van der Waals surface area (Å²) in [5.41, 5.74) is 1.54. The van der Waals surface area contributed by atoms with E-state index in [9.17, 15) is 8.42 Å². The standard InChI is InChI=1S/C11H9NO3S/c13-16(14)6-3-8-7-9(1-2-10(8)16)11-12-4-5-15-11/h1-3,6-7H,4-5H2. The van der Waals surface area contributed by atoms with Crippen LogP contribution < -0.4 is 0 Å². The Bertz CT molecular complexity index is 614. The van der Waals surface area contributed by atoms with Crippen LogP contribution in [-0.2, 0) is 14.6 Å². The maximum Gasteiger partial charge on any atom is 0.216 e. The average Bonchev–Trinajstić information content (AvgIpc) is 2.87. The molecule has 0 aromatic heterocycles. The zero-order valence-corrected chi connectivity index (χ0v) is 9.20. The van der Waals surface area contributed by atoms with Crippen LogP contribution in [0.2, 0.25) is 0 Å². The first-order chi connectivity index (χ1) is 7.67. The Kier molecular flexibility index (Phi) is 1.91. The fourth-order valence-corrected chi connectivity index (χ4v) is 3.00. The smallest absolute Gasteiger partial charge is 0.216 e. The number of fused-ring (bicyclic) bond motifs is 1. The summed E-state index contributed by atoms with van der Waals surface area (Å²) in [5.74, 6) is 0.598. The van der Waals surface area contributed by atoms with E-state index in [1.165, 1.54) is 5.41 Å². The monoisotopic (exact) mass is 235 g/mol. The van der Waals surface area contributed by atoms with Gasteiger partial charge in [-0.2, -0.15) is 0 Å². The molecule has 0 aliphatic carbocycles. The molecule has 2 aliphatic rings. The third-order valence-electron chi connectivity index (χ3n) is 2.58. The fourth-order valence-electron chi connectivity index (χ4n) is 1.82. The van der Waals surface area contributed by atoms with Crippen LogP contribution in [0.5, 0.6) is 0 Å². The molecule has 16 heavy (non-hydrogen) atoms. The number of hydrogen-bond donors (Lipinski definition) is 0. The molecule has 5 heteroatoms. The van der Waals surface area contributed by atoms with Gasteiger partial charge in [-0.05, 0) is 29.8 Å². The highest BCUT2D eigenvalue weighted by Gasteiger charge is 2.22. The van der Waals surface area contributed by atoms with Crippen LogP contribution in [0.25, 0.3) is 6.08 Å². The zero-order valence-electron chi connectivity index (χ0n) is 8.38. The van der Waals surface area contributed by atoms with E-state index in [1.807, 2.05) is 0 Å². The number of ether oxygens (including phenoxy) is 1. The van der Waals surface area contributed by atoms with Crippen LogP contribution in [0.15, 0.2) is 33.5 Å². The molecular formula is C11H9NO3S. The van der Waals surface area contributed by atoms with Gasteiger partial charge in [-0.3, -0.25) is 0 Å². The van der Waals surface area contributed by atoms with Crippen molar-refractivity contribution >= 4 is 21.8 Å². The number of rotatable bonds is 1. The SMILES string of the molecule is O=S1(=O)C=Cc2cc(C3=NCCO3)ccc21. The van der Waals surface area contributed by atoms with Crippen molar-refractivity contribution in [3.8, 4) is 0 Å². The second-order valence-corrected chi connectivity index (χ2v) is 5.44. The third-order valence-corrected chi connectivity index (χ3v) is 4.05. The van der Waals surface area contributed by atoms with E-state index in [0.717, 1.165) is 5.56 Å². The Morgan fingerprint density at radius 2 is 2.19 bits per heavy atom. The zero-order chi connectivity index (χ0) is 11.2. The van der Waals surface area contributed by atoms with Gasteiger partial charge in [0.05, 0.1) is 11.4 Å². The summed E-state index contributed by atoms with van der Waals surface area (Å²) in [5, 5.41) is 1.22. The molecule has 82 valence electrons. The van der Waals surface area contributed by atoms with Gasteiger partial charge in [0.1, 0.15) is 6.61 Å². The van der Waals surface area contributed by atoms with Crippen molar-refractivity contribution in [2.75, 3.05) is 13.2 Å². The normalized spacial score (nSPS) is 20.4. The van der Waals surface area contributed by atoms with Gasteiger partial charge in [0.25, 0.3) is 0 Å². The van der Waals surface area contributed by atoms with Crippen molar-refractivity contribution in [3.63, 3.8) is 0 Å². The van der Waals surface area contributed by atoms with Gasteiger partial charge in [-0.1, -0.05) is 0 Å². The van der Waals surface area contributed by atoms with Crippen LogP contribution in [0.4, 0.5) is 0 Å². The highest BCUT2D eigenvalue weighted by molar-refractivity contribution is 7.94. The topological polar surface area (TPSA) is 55.7 Å². The molecule has 1 aromatic carbocycles. The largest absolute Gasteiger partial charge is 0.476 e. The van der Waals surface area contributed by atoms with Gasteiger partial charge in [0, 0.05) is 11.0 Å². The number of sulfone groups is 1. The summed E-state index contributed by atoms with van der Waals surface area (Å²) in [4.78, 5) is 4.55.